The van der Waals surface area contributed by atoms with Crippen molar-refractivity contribution in [1.29, 1.82) is 0 Å². The molecule has 0 aliphatic rings. The van der Waals surface area contributed by atoms with Crippen LogP contribution in [0.2, 0.25) is 0 Å². The highest BCUT2D eigenvalue weighted by Gasteiger charge is 2.08. The molecule has 0 radical (unpaired) electrons. The lowest BCUT2D eigenvalue weighted by molar-refractivity contribution is -0.116. The van der Waals surface area contributed by atoms with Crippen molar-refractivity contribution in [2.24, 2.45) is 5.73 Å². The third-order valence-electron chi connectivity index (χ3n) is 2.92. The maximum Gasteiger partial charge on any atom is 0.224 e. The molecular formula is C15H23BrClN3O2. The SMILES string of the molecule is CC(=O)Nc1ccc(Br)cc1NC(=O)CCCCCCN.Cl. The van der Waals surface area contributed by atoms with Crippen LogP contribution in [0, 0.1) is 0 Å². The largest absolute Gasteiger partial charge is 0.330 e. The predicted molar refractivity (Wildman–Crippen MR) is 96.5 cm³/mol. The average Bonchev–Trinajstić information content (AvgIpc) is 2.41. The van der Waals surface area contributed by atoms with Gasteiger partial charge in [0.15, 0.2) is 0 Å². The summed E-state index contributed by atoms with van der Waals surface area (Å²) in [6, 6.07) is 5.34. The lowest BCUT2D eigenvalue weighted by atomic mass is 10.1. The maximum absolute atomic E-state index is 11.9. The molecule has 0 aliphatic heterocycles. The Bertz CT molecular complexity index is 498. The van der Waals surface area contributed by atoms with Crippen molar-refractivity contribution in [3.05, 3.63) is 22.7 Å². The summed E-state index contributed by atoms with van der Waals surface area (Å²) < 4.78 is 0.842. The Kier molecular flexibility index (Phi) is 10.9. The van der Waals surface area contributed by atoms with Crippen LogP contribution in [0.4, 0.5) is 11.4 Å². The molecule has 0 unspecified atom stereocenters. The van der Waals surface area contributed by atoms with Crippen molar-refractivity contribution in [3.63, 3.8) is 0 Å². The number of hydrogen-bond donors (Lipinski definition) is 3. The van der Waals surface area contributed by atoms with Gasteiger partial charge < -0.3 is 16.4 Å². The summed E-state index contributed by atoms with van der Waals surface area (Å²) in [4.78, 5) is 23.1. The number of halogens is 2. The minimum atomic E-state index is -0.172. The topological polar surface area (TPSA) is 84.2 Å². The summed E-state index contributed by atoms with van der Waals surface area (Å²) in [6.07, 6.45) is 4.37. The third kappa shape index (κ3) is 8.36. The molecule has 0 aliphatic carbocycles. The van der Waals surface area contributed by atoms with Crippen molar-refractivity contribution in [2.45, 2.75) is 39.0 Å². The van der Waals surface area contributed by atoms with E-state index in [2.05, 4.69) is 26.6 Å². The van der Waals surface area contributed by atoms with Crippen LogP contribution in [0.3, 0.4) is 0 Å². The summed E-state index contributed by atoms with van der Waals surface area (Å²) in [5, 5.41) is 5.54. The van der Waals surface area contributed by atoms with E-state index in [0.29, 0.717) is 24.3 Å². The van der Waals surface area contributed by atoms with E-state index in [0.717, 1.165) is 30.2 Å². The van der Waals surface area contributed by atoms with Crippen molar-refractivity contribution < 1.29 is 9.59 Å². The molecule has 5 nitrogen and oxygen atoms in total. The van der Waals surface area contributed by atoms with Gasteiger partial charge in [-0.25, -0.2) is 0 Å². The Morgan fingerprint density at radius 2 is 1.77 bits per heavy atom. The fourth-order valence-electron chi connectivity index (χ4n) is 1.91. The van der Waals surface area contributed by atoms with E-state index in [1.54, 1.807) is 12.1 Å². The fourth-order valence-corrected chi connectivity index (χ4v) is 2.28. The van der Waals surface area contributed by atoms with Gasteiger partial charge in [-0.05, 0) is 37.6 Å². The zero-order valence-electron chi connectivity index (χ0n) is 12.7. The Morgan fingerprint density at radius 3 is 2.41 bits per heavy atom. The van der Waals surface area contributed by atoms with Crippen LogP contribution in [0.15, 0.2) is 22.7 Å². The number of rotatable bonds is 8. The first kappa shape index (κ1) is 20.9. The number of carbonyl (C=O) groups excluding carboxylic acids is 2. The second-order valence-electron chi connectivity index (χ2n) is 4.87. The van der Waals surface area contributed by atoms with Gasteiger partial charge in [-0.1, -0.05) is 28.8 Å². The van der Waals surface area contributed by atoms with Gasteiger partial charge in [0.2, 0.25) is 11.8 Å². The normalized spacial score (nSPS) is 9.77. The standard InChI is InChI=1S/C15H22BrN3O2.ClH/c1-11(20)18-13-8-7-12(16)10-14(13)19-15(21)6-4-2-3-5-9-17;/h7-8,10H,2-6,9,17H2,1H3,(H,18,20)(H,19,21);1H. The quantitative estimate of drug-likeness (QED) is 0.590. The van der Waals surface area contributed by atoms with Crippen LogP contribution in [0.25, 0.3) is 0 Å². The molecule has 0 spiro atoms. The average molecular weight is 393 g/mol. The molecule has 0 aromatic heterocycles. The van der Waals surface area contributed by atoms with Gasteiger partial charge in [-0.2, -0.15) is 0 Å². The Morgan fingerprint density at radius 1 is 1.09 bits per heavy atom. The number of amides is 2. The smallest absolute Gasteiger partial charge is 0.224 e. The van der Waals surface area contributed by atoms with Gasteiger partial charge >= 0.3 is 0 Å². The second-order valence-corrected chi connectivity index (χ2v) is 5.79. The first-order valence-electron chi connectivity index (χ1n) is 7.10. The number of nitrogens with one attached hydrogen (secondary N) is 2. The van der Waals surface area contributed by atoms with Gasteiger partial charge in [-0.15, -0.1) is 12.4 Å². The summed E-state index contributed by atoms with van der Waals surface area (Å²) in [7, 11) is 0. The first-order chi connectivity index (χ1) is 10.0. The van der Waals surface area contributed by atoms with E-state index in [9.17, 15) is 9.59 Å². The van der Waals surface area contributed by atoms with E-state index in [-0.39, 0.29) is 24.2 Å². The molecule has 1 aromatic carbocycles. The third-order valence-corrected chi connectivity index (χ3v) is 3.42. The second kappa shape index (κ2) is 11.5. The Balaban J connectivity index is 0.00000441. The molecule has 22 heavy (non-hydrogen) atoms. The first-order valence-corrected chi connectivity index (χ1v) is 7.89. The monoisotopic (exact) mass is 391 g/mol. The van der Waals surface area contributed by atoms with Crippen LogP contribution in [-0.2, 0) is 9.59 Å². The molecular weight excluding hydrogens is 370 g/mol. The molecule has 2 amide bonds. The summed E-state index contributed by atoms with van der Waals surface area (Å²) in [5.74, 6) is -0.220. The van der Waals surface area contributed by atoms with E-state index >= 15 is 0 Å². The van der Waals surface area contributed by atoms with E-state index in [1.807, 2.05) is 6.07 Å². The molecule has 7 heteroatoms. The number of hydrogen-bond acceptors (Lipinski definition) is 3. The van der Waals surface area contributed by atoms with Crippen LogP contribution in [0.1, 0.15) is 39.0 Å². The van der Waals surface area contributed by atoms with Gasteiger partial charge in [-0.3, -0.25) is 9.59 Å². The number of nitrogens with two attached hydrogens (primary N) is 1. The Hall–Kier alpha value is -1.11. The van der Waals surface area contributed by atoms with Gasteiger partial charge in [0, 0.05) is 17.8 Å². The maximum atomic E-state index is 11.9. The molecule has 1 aromatic rings. The van der Waals surface area contributed by atoms with Gasteiger partial charge in [0.1, 0.15) is 0 Å². The van der Waals surface area contributed by atoms with Crippen molar-refractivity contribution in [3.8, 4) is 0 Å². The predicted octanol–water partition coefficient (Wildman–Crippen LogP) is 3.68. The Labute approximate surface area is 145 Å². The van der Waals surface area contributed by atoms with Gasteiger partial charge in [0.25, 0.3) is 0 Å². The molecule has 4 N–H and O–H groups in total. The highest BCUT2D eigenvalue weighted by Crippen LogP contribution is 2.26. The van der Waals surface area contributed by atoms with Crippen LogP contribution >= 0.6 is 28.3 Å². The van der Waals surface area contributed by atoms with Crippen LogP contribution in [0.5, 0.6) is 0 Å². The molecule has 0 saturated carbocycles. The van der Waals surface area contributed by atoms with Crippen LogP contribution < -0.4 is 16.4 Å². The summed E-state index contributed by atoms with van der Waals surface area (Å²) >= 11 is 3.36. The number of carbonyl (C=O) groups is 2. The molecule has 0 bridgehead atoms. The van der Waals surface area contributed by atoms with Crippen LogP contribution in [-0.4, -0.2) is 18.4 Å². The highest BCUT2D eigenvalue weighted by molar-refractivity contribution is 9.10. The van der Waals surface area contributed by atoms with Crippen molar-refractivity contribution >= 4 is 51.5 Å². The number of benzene rings is 1. The fraction of sp³-hybridized carbons (Fsp3) is 0.467. The number of unbranched alkanes of at least 4 members (excludes halogenated alkanes) is 3. The highest BCUT2D eigenvalue weighted by atomic mass is 79.9. The van der Waals surface area contributed by atoms with E-state index in [4.69, 9.17) is 5.73 Å². The molecule has 0 heterocycles. The molecule has 0 saturated heterocycles. The lowest BCUT2D eigenvalue weighted by Gasteiger charge is -2.12. The van der Waals surface area contributed by atoms with Crippen molar-refractivity contribution in [2.75, 3.05) is 17.2 Å². The number of anilines is 2. The van der Waals surface area contributed by atoms with Gasteiger partial charge in [0.05, 0.1) is 11.4 Å². The minimum absolute atomic E-state index is 0. The molecule has 1 rings (SSSR count). The molecule has 124 valence electrons. The molecule has 0 atom stereocenters. The van der Waals surface area contributed by atoms with Crippen molar-refractivity contribution in [1.82, 2.24) is 0 Å². The summed E-state index contributed by atoms with van der Waals surface area (Å²) in [5.41, 5.74) is 6.63. The van der Waals surface area contributed by atoms with E-state index in [1.165, 1.54) is 6.92 Å². The summed E-state index contributed by atoms with van der Waals surface area (Å²) in [6.45, 7) is 2.13. The zero-order chi connectivity index (χ0) is 15.7. The molecule has 0 fully saturated rings. The zero-order valence-corrected chi connectivity index (χ0v) is 15.1. The minimum Gasteiger partial charge on any atom is -0.330 e. The van der Waals surface area contributed by atoms with E-state index < -0.39 is 0 Å². The lowest BCUT2D eigenvalue weighted by Crippen LogP contribution is -2.14.